The highest BCUT2D eigenvalue weighted by Gasteiger charge is 2.28. The van der Waals surface area contributed by atoms with Crippen LogP contribution in [0.5, 0.6) is 0 Å². The van der Waals surface area contributed by atoms with Crippen LogP contribution in [-0.4, -0.2) is 16.0 Å². The largest absolute Gasteiger partial charge is 0.369 e. The molecule has 1 aromatic carbocycles. The van der Waals surface area contributed by atoms with E-state index in [4.69, 9.17) is 5.73 Å². The number of hydrogen-bond acceptors (Lipinski definition) is 5. The smallest absolute Gasteiger partial charge is 0.204 e. The Morgan fingerprint density at radius 3 is 2.76 bits per heavy atom. The summed E-state index contributed by atoms with van der Waals surface area (Å²) in [5, 5.41) is 2.94. The van der Waals surface area contributed by atoms with Crippen LogP contribution in [0, 0.1) is 0 Å². The van der Waals surface area contributed by atoms with Gasteiger partial charge < -0.3 is 5.73 Å². The Hall–Kier alpha value is -1.75. The van der Waals surface area contributed by atoms with Crippen LogP contribution < -0.4 is 5.73 Å². The maximum Gasteiger partial charge on any atom is 0.204 e. The number of amidine groups is 1. The molecule has 0 saturated heterocycles. The zero-order chi connectivity index (χ0) is 11.8. The predicted molar refractivity (Wildman–Crippen MR) is 71.4 cm³/mol. The molecule has 2 N–H and O–H groups in total. The first-order valence-electron chi connectivity index (χ1n) is 5.35. The fraction of sp³-hybridized carbons (Fsp3) is 0.167. The standard InChI is InChI=1S/C12H12N4S/c1-8-7-17-12-15-10(14-11(13)16(8)12)9-5-3-2-4-6-9/h2-7,10H,1H3,(H2,13,14). The molecule has 0 aromatic heterocycles. The molecule has 86 valence electrons. The third kappa shape index (κ3) is 1.72. The van der Waals surface area contributed by atoms with Gasteiger partial charge in [-0.05, 0) is 17.9 Å². The lowest BCUT2D eigenvalue weighted by Gasteiger charge is -2.25. The van der Waals surface area contributed by atoms with E-state index in [1.54, 1.807) is 11.8 Å². The minimum Gasteiger partial charge on any atom is -0.369 e. The first kappa shape index (κ1) is 10.4. The molecule has 2 heterocycles. The van der Waals surface area contributed by atoms with Crippen LogP contribution in [0.3, 0.4) is 0 Å². The summed E-state index contributed by atoms with van der Waals surface area (Å²) in [7, 11) is 0. The molecule has 3 rings (SSSR count). The topological polar surface area (TPSA) is 54.0 Å². The normalized spacial score (nSPS) is 22.8. The number of guanidine groups is 1. The van der Waals surface area contributed by atoms with Gasteiger partial charge in [0.15, 0.2) is 11.3 Å². The third-order valence-electron chi connectivity index (χ3n) is 2.69. The third-order valence-corrected chi connectivity index (χ3v) is 3.65. The first-order chi connectivity index (χ1) is 8.25. The highest BCUT2D eigenvalue weighted by molar-refractivity contribution is 8.16. The molecule has 1 unspecified atom stereocenters. The van der Waals surface area contributed by atoms with Gasteiger partial charge >= 0.3 is 0 Å². The summed E-state index contributed by atoms with van der Waals surface area (Å²) in [5.74, 6) is 0.516. The van der Waals surface area contributed by atoms with E-state index in [-0.39, 0.29) is 6.17 Å². The van der Waals surface area contributed by atoms with Crippen molar-refractivity contribution in [2.45, 2.75) is 13.1 Å². The van der Waals surface area contributed by atoms with E-state index in [1.807, 2.05) is 47.6 Å². The number of thioether (sulfide) groups is 1. The summed E-state index contributed by atoms with van der Waals surface area (Å²) in [5.41, 5.74) is 8.11. The fourth-order valence-corrected chi connectivity index (χ4v) is 2.74. The summed E-state index contributed by atoms with van der Waals surface area (Å²) in [6, 6.07) is 9.98. The fourth-order valence-electron chi connectivity index (χ4n) is 1.85. The molecule has 5 heteroatoms. The summed E-state index contributed by atoms with van der Waals surface area (Å²) in [4.78, 5) is 10.9. The van der Waals surface area contributed by atoms with Gasteiger partial charge in [0.2, 0.25) is 5.96 Å². The van der Waals surface area contributed by atoms with E-state index in [0.29, 0.717) is 5.96 Å². The first-order valence-corrected chi connectivity index (χ1v) is 6.23. The lowest BCUT2D eigenvalue weighted by molar-refractivity contribution is 0.660. The molecule has 4 nitrogen and oxygen atoms in total. The van der Waals surface area contributed by atoms with E-state index >= 15 is 0 Å². The molecule has 0 bridgehead atoms. The zero-order valence-electron chi connectivity index (χ0n) is 9.37. The van der Waals surface area contributed by atoms with Crippen LogP contribution in [0.25, 0.3) is 0 Å². The molecule has 1 atom stereocenters. The number of rotatable bonds is 1. The van der Waals surface area contributed by atoms with E-state index in [2.05, 4.69) is 9.98 Å². The number of aliphatic imine (C=N–C) groups is 2. The number of hydrogen-bond donors (Lipinski definition) is 1. The summed E-state index contributed by atoms with van der Waals surface area (Å²) < 4.78 is 0. The quantitative estimate of drug-likeness (QED) is 0.824. The lowest BCUT2D eigenvalue weighted by Crippen LogP contribution is -2.39. The van der Waals surface area contributed by atoms with Crippen molar-refractivity contribution >= 4 is 22.9 Å². The molecule has 0 radical (unpaired) electrons. The Labute approximate surface area is 104 Å². The number of allylic oxidation sites excluding steroid dienone is 1. The Kier molecular flexibility index (Phi) is 2.40. The Bertz CT molecular complexity index is 533. The van der Waals surface area contributed by atoms with E-state index < -0.39 is 0 Å². The second-order valence-electron chi connectivity index (χ2n) is 3.90. The highest BCUT2D eigenvalue weighted by Crippen LogP contribution is 2.32. The van der Waals surface area contributed by atoms with Crippen molar-refractivity contribution in [2.75, 3.05) is 0 Å². The molecule has 0 amide bonds. The monoisotopic (exact) mass is 244 g/mol. The van der Waals surface area contributed by atoms with Crippen molar-refractivity contribution in [1.29, 1.82) is 0 Å². The van der Waals surface area contributed by atoms with Crippen molar-refractivity contribution in [3.63, 3.8) is 0 Å². The van der Waals surface area contributed by atoms with Crippen molar-refractivity contribution in [1.82, 2.24) is 4.90 Å². The van der Waals surface area contributed by atoms with Crippen molar-refractivity contribution < 1.29 is 0 Å². The molecule has 2 aliphatic rings. The predicted octanol–water partition coefficient (Wildman–Crippen LogP) is 2.28. The highest BCUT2D eigenvalue weighted by atomic mass is 32.2. The maximum atomic E-state index is 5.98. The van der Waals surface area contributed by atoms with Gasteiger partial charge in [-0.25, -0.2) is 9.98 Å². The minimum atomic E-state index is -0.214. The van der Waals surface area contributed by atoms with Crippen molar-refractivity contribution in [3.05, 3.63) is 47.0 Å². The lowest BCUT2D eigenvalue weighted by atomic mass is 10.2. The van der Waals surface area contributed by atoms with E-state index in [9.17, 15) is 0 Å². The molecular formula is C12H12N4S. The van der Waals surface area contributed by atoms with E-state index in [1.165, 1.54) is 0 Å². The zero-order valence-corrected chi connectivity index (χ0v) is 10.2. The van der Waals surface area contributed by atoms with Crippen LogP contribution in [0.2, 0.25) is 0 Å². The number of nitrogens with two attached hydrogens (primary N) is 1. The number of fused-ring (bicyclic) bond motifs is 1. The van der Waals surface area contributed by atoms with Crippen molar-refractivity contribution in [2.24, 2.45) is 15.7 Å². The molecule has 0 aliphatic carbocycles. The van der Waals surface area contributed by atoms with Crippen LogP contribution in [-0.2, 0) is 0 Å². The van der Waals surface area contributed by atoms with Gasteiger partial charge in [0.05, 0.1) is 0 Å². The van der Waals surface area contributed by atoms with Gasteiger partial charge in [-0.15, -0.1) is 0 Å². The van der Waals surface area contributed by atoms with Crippen LogP contribution in [0.15, 0.2) is 51.4 Å². The molecule has 0 spiro atoms. The molecule has 0 saturated carbocycles. The van der Waals surface area contributed by atoms with Gasteiger partial charge in [-0.2, -0.15) is 0 Å². The van der Waals surface area contributed by atoms with Crippen molar-refractivity contribution in [3.8, 4) is 0 Å². The average Bonchev–Trinajstić information content (AvgIpc) is 2.73. The SMILES string of the molecule is CC1=CSC2=NC(c3ccccc3)N=C(N)N12. The molecule has 0 fully saturated rings. The number of nitrogens with zero attached hydrogens (tertiary/aromatic N) is 3. The maximum absolute atomic E-state index is 5.98. The van der Waals surface area contributed by atoms with Gasteiger partial charge in [0, 0.05) is 5.70 Å². The molecule has 17 heavy (non-hydrogen) atoms. The molecular weight excluding hydrogens is 232 g/mol. The summed E-state index contributed by atoms with van der Waals surface area (Å²) >= 11 is 1.59. The van der Waals surface area contributed by atoms with Crippen LogP contribution in [0.1, 0.15) is 18.7 Å². The minimum absolute atomic E-state index is 0.214. The van der Waals surface area contributed by atoms with Gasteiger partial charge in [0.1, 0.15) is 0 Å². The van der Waals surface area contributed by atoms with Gasteiger partial charge in [-0.3, -0.25) is 4.90 Å². The summed E-state index contributed by atoms with van der Waals surface area (Å²) in [6.45, 7) is 2.00. The molecule has 1 aromatic rings. The van der Waals surface area contributed by atoms with Gasteiger partial charge in [-0.1, -0.05) is 42.1 Å². The van der Waals surface area contributed by atoms with Gasteiger partial charge in [0.25, 0.3) is 0 Å². The average molecular weight is 244 g/mol. The Balaban J connectivity index is 1.97. The van der Waals surface area contributed by atoms with Crippen LogP contribution >= 0.6 is 11.8 Å². The number of benzene rings is 1. The van der Waals surface area contributed by atoms with Crippen LogP contribution in [0.4, 0.5) is 0 Å². The summed E-state index contributed by atoms with van der Waals surface area (Å²) in [6.07, 6.45) is -0.214. The van der Waals surface area contributed by atoms with E-state index in [0.717, 1.165) is 16.4 Å². The molecule has 2 aliphatic heterocycles. The second kappa shape index (κ2) is 3.92. The second-order valence-corrected chi connectivity index (χ2v) is 4.73. The Morgan fingerprint density at radius 2 is 2.00 bits per heavy atom. The Morgan fingerprint density at radius 1 is 1.24 bits per heavy atom.